The molecule has 0 amide bonds. The van der Waals surface area contributed by atoms with Crippen LogP contribution in [0.3, 0.4) is 0 Å². The van der Waals surface area contributed by atoms with Crippen molar-refractivity contribution in [3.63, 3.8) is 0 Å². The number of fused-ring (bicyclic) bond motifs is 2. The fourth-order valence-electron chi connectivity index (χ4n) is 4.32. The van der Waals surface area contributed by atoms with Crippen molar-refractivity contribution in [1.29, 1.82) is 0 Å². The van der Waals surface area contributed by atoms with Gasteiger partial charge in [0.05, 0.1) is 22.5 Å². The highest BCUT2D eigenvalue weighted by Gasteiger charge is 2.29. The molecule has 12 heteroatoms. The van der Waals surface area contributed by atoms with Crippen molar-refractivity contribution >= 4 is 27.8 Å². The molecule has 0 aliphatic heterocycles. The van der Waals surface area contributed by atoms with Gasteiger partial charge < -0.3 is 5.73 Å². The molecule has 5 aromatic rings. The third kappa shape index (κ3) is 3.13. The molecule has 0 unspecified atom stereocenters. The molecule has 1 aliphatic rings. The number of benzene rings is 1. The van der Waals surface area contributed by atoms with Crippen LogP contribution in [0.4, 0.5) is 14.6 Å². The fourth-order valence-corrected chi connectivity index (χ4v) is 4.32. The van der Waals surface area contributed by atoms with Crippen molar-refractivity contribution < 1.29 is 8.78 Å². The Labute approximate surface area is 190 Å². The van der Waals surface area contributed by atoms with Crippen molar-refractivity contribution in [2.75, 3.05) is 5.73 Å². The summed E-state index contributed by atoms with van der Waals surface area (Å²) in [4.78, 5) is 26.6. The highest BCUT2D eigenvalue weighted by atomic mass is 19.3. The maximum absolute atomic E-state index is 13.4. The molecule has 2 N–H and O–H groups in total. The summed E-state index contributed by atoms with van der Waals surface area (Å²) < 4.78 is 30.0. The Morgan fingerprint density at radius 1 is 1.21 bits per heavy atom. The third-order valence-corrected chi connectivity index (χ3v) is 6.05. The van der Waals surface area contributed by atoms with Gasteiger partial charge in [-0.1, -0.05) is 12.1 Å². The lowest BCUT2D eigenvalue weighted by Gasteiger charge is -2.14. The molecule has 10 nitrogen and oxygen atoms in total. The molecular weight excluding hydrogens is 444 g/mol. The van der Waals surface area contributed by atoms with E-state index in [9.17, 15) is 13.6 Å². The van der Waals surface area contributed by atoms with E-state index in [0.717, 1.165) is 18.4 Å². The van der Waals surface area contributed by atoms with E-state index in [0.29, 0.717) is 43.7 Å². The quantitative estimate of drug-likeness (QED) is 0.425. The smallest absolute Gasteiger partial charge is 0.333 e. The van der Waals surface area contributed by atoms with Crippen LogP contribution in [0.5, 0.6) is 0 Å². The maximum atomic E-state index is 13.4. The first kappa shape index (κ1) is 20.4. The molecule has 1 fully saturated rings. The van der Waals surface area contributed by atoms with Crippen molar-refractivity contribution in [2.45, 2.75) is 38.9 Å². The lowest BCUT2D eigenvalue weighted by Crippen LogP contribution is -2.26. The van der Waals surface area contributed by atoms with E-state index < -0.39 is 6.55 Å². The van der Waals surface area contributed by atoms with Gasteiger partial charge in [-0.15, -0.1) is 0 Å². The molecular formula is C22H19F2N9O. The lowest BCUT2D eigenvalue weighted by atomic mass is 10.1. The van der Waals surface area contributed by atoms with E-state index in [4.69, 9.17) is 10.7 Å². The van der Waals surface area contributed by atoms with Crippen LogP contribution in [0.15, 0.2) is 41.7 Å². The number of nitrogens with two attached hydrogens (primary N) is 1. The van der Waals surface area contributed by atoms with Gasteiger partial charge in [0, 0.05) is 17.8 Å². The molecule has 0 saturated heterocycles. The van der Waals surface area contributed by atoms with E-state index in [1.165, 1.54) is 18.7 Å². The Balaban J connectivity index is 1.54. The molecule has 1 saturated carbocycles. The molecule has 6 rings (SSSR count). The first-order valence-corrected chi connectivity index (χ1v) is 10.7. The maximum Gasteiger partial charge on any atom is 0.333 e. The Kier molecular flexibility index (Phi) is 4.44. The van der Waals surface area contributed by atoms with Crippen LogP contribution in [0.2, 0.25) is 0 Å². The minimum atomic E-state index is -2.78. The Morgan fingerprint density at radius 2 is 2.03 bits per heavy atom. The number of nitrogens with zero attached hydrogens (tertiary/aromatic N) is 8. The number of nitrogen functional groups attached to an aromatic ring is 1. The van der Waals surface area contributed by atoms with Crippen LogP contribution in [-0.2, 0) is 6.54 Å². The molecule has 4 heterocycles. The number of aryl methyl sites for hydroxylation is 1. The molecule has 4 aromatic heterocycles. The van der Waals surface area contributed by atoms with Gasteiger partial charge in [0.25, 0.3) is 5.56 Å². The molecule has 0 radical (unpaired) electrons. The number of rotatable bonds is 5. The highest BCUT2D eigenvalue weighted by Crippen LogP contribution is 2.36. The van der Waals surface area contributed by atoms with Crippen LogP contribution >= 0.6 is 0 Å². The number of alkyl halides is 2. The number of aromatic nitrogens is 8. The Bertz CT molecular complexity index is 1630. The topological polar surface area (TPSA) is 122 Å². The Hall–Kier alpha value is -4.22. The van der Waals surface area contributed by atoms with Gasteiger partial charge >= 0.3 is 6.55 Å². The van der Waals surface area contributed by atoms with Gasteiger partial charge in [0.1, 0.15) is 30.2 Å². The van der Waals surface area contributed by atoms with E-state index in [2.05, 4.69) is 20.2 Å². The lowest BCUT2D eigenvalue weighted by molar-refractivity contribution is 0.0566. The summed E-state index contributed by atoms with van der Waals surface area (Å²) in [6.45, 7) is -0.741. The first-order valence-electron chi connectivity index (χ1n) is 10.7. The standard InChI is InChI=1S/C22H19F2N9O/c1-11-3-2-4-14-16(11)21(34)33(13-5-6-13)15(29-14)9-31-20-17(19(25)26-10-27-20)18(30-31)12-7-28-32(8-12)22(23)24/h2-4,7-8,10,13,22H,5-6,9H2,1H3,(H2,25,26,27). The van der Waals surface area contributed by atoms with Crippen molar-refractivity contribution in [3.8, 4) is 11.3 Å². The first-order chi connectivity index (χ1) is 16.4. The van der Waals surface area contributed by atoms with Crippen LogP contribution in [0.25, 0.3) is 33.2 Å². The van der Waals surface area contributed by atoms with Gasteiger partial charge in [0.15, 0.2) is 5.65 Å². The van der Waals surface area contributed by atoms with Gasteiger partial charge in [-0.2, -0.15) is 19.0 Å². The van der Waals surface area contributed by atoms with Crippen LogP contribution in [0, 0.1) is 6.92 Å². The predicted octanol–water partition coefficient (Wildman–Crippen LogP) is 3.07. The summed E-state index contributed by atoms with van der Waals surface area (Å²) in [5, 5.41) is 9.35. The average molecular weight is 463 g/mol. The molecule has 34 heavy (non-hydrogen) atoms. The largest absolute Gasteiger partial charge is 0.383 e. The highest BCUT2D eigenvalue weighted by molar-refractivity contribution is 5.98. The number of hydrogen-bond acceptors (Lipinski definition) is 7. The summed E-state index contributed by atoms with van der Waals surface area (Å²) in [7, 11) is 0. The van der Waals surface area contributed by atoms with Crippen LogP contribution in [0.1, 0.15) is 36.8 Å². The summed E-state index contributed by atoms with van der Waals surface area (Å²) in [5.41, 5.74) is 8.62. The summed E-state index contributed by atoms with van der Waals surface area (Å²) in [5.74, 6) is 0.708. The minimum absolute atomic E-state index is 0.0790. The summed E-state index contributed by atoms with van der Waals surface area (Å²) in [6, 6.07) is 5.67. The van der Waals surface area contributed by atoms with Gasteiger partial charge in [-0.05, 0) is 31.4 Å². The monoisotopic (exact) mass is 463 g/mol. The van der Waals surface area contributed by atoms with Crippen LogP contribution < -0.4 is 11.3 Å². The number of halogens is 2. The Morgan fingerprint density at radius 3 is 2.76 bits per heavy atom. The summed E-state index contributed by atoms with van der Waals surface area (Å²) in [6.07, 6.45) is 5.60. The molecule has 0 spiro atoms. The zero-order chi connectivity index (χ0) is 23.6. The summed E-state index contributed by atoms with van der Waals surface area (Å²) >= 11 is 0. The normalized spacial score (nSPS) is 14.0. The van der Waals surface area contributed by atoms with Gasteiger partial charge in [-0.3, -0.25) is 9.36 Å². The second-order valence-electron chi connectivity index (χ2n) is 8.35. The van der Waals surface area contributed by atoms with Crippen molar-refractivity contribution in [3.05, 3.63) is 58.7 Å². The molecule has 1 aliphatic carbocycles. The van der Waals surface area contributed by atoms with E-state index in [1.807, 2.05) is 25.1 Å². The van der Waals surface area contributed by atoms with E-state index in [1.54, 1.807) is 9.25 Å². The van der Waals surface area contributed by atoms with Gasteiger partial charge in [0.2, 0.25) is 0 Å². The zero-order valence-corrected chi connectivity index (χ0v) is 18.1. The second-order valence-corrected chi connectivity index (χ2v) is 8.35. The minimum Gasteiger partial charge on any atom is -0.383 e. The van der Waals surface area contributed by atoms with E-state index >= 15 is 0 Å². The molecule has 1 aromatic carbocycles. The van der Waals surface area contributed by atoms with Crippen molar-refractivity contribution in [2.24, 2.45) is 0 Å². The second kappa shape index (κ2) is 7.40. The number of hydrogen-bond donors (Lipinski definition) is 1. The van der Waals surface area contributed by atoms with Crippen molar-refractivity contribution in [1.82, 2.24) is 39.1 Å². The van der Waals surface area contributed by atoms with Crippen LogP contribution in [-0.4, -0.2) is 39.1 Å². The zero-order valence-electron chi connectivity index (χ0n) is 18.1. The predicted molar refractivity (Wildman–Crippen MR) is 120 cm³/mol. The average Bonchev–Trinajstić information content (AvgIpc) is 3.37. The third-order valence-electron chi connectivity index (χ3n) is 6.05. The SMILES string of the molecule is Cc1cccc2nc(Cn3nc(-c4cnn(C(F)F)c4)c4c(N)ncnc43)n(C3CC3)c(=O)c12. The molecule has 172 valence electrons. The fraction of sp³-hybridized carbons (Fsp3) is 0.273. The van der Waals surface area contributed by atoms with Gasteiger partial charge in [-0.25, -0.2) is 24.3 Å². The molecule has 0 atom stereocenters. The molecule has 0 bridgehead atoms. The van der Waals surface area contributed by atoms with E-state index in [-0.39, 0.29) is 24.0 Å². The number of anilines is 1.